The van der Waals surface area contributed by atoms with Gasteiger partial charge < -0.3 is 9.80 Å². The molecule has 1 saturated heterocycles. The number of carbonyl (C=O) groups is 2. The molecule has 160 valence electrons. The third kappa shape index (κ3) is 4.16. The molecule has 1 aliphatic rings. The monoisotopic (exact) mass is 441 g/mol. The number of aromatic nitrogens is 3. The van der Waals surface area contributed by atoms with Crippen LogP contribution in [0.2, 0.25) is 5.02 Å². The van der Waals surface area contributed by atoms with E-state index >= 15 is 0 Å². The fourth-order valence-electron chi connectivity index (χ4n) is 3.55. The maximum atomic E-state index is 13.2. The van der Waals surface area contributed by atoms with Gasteiger partial charge in [0, 0.05) is 26.2 Å². The maximum absolute atomic E-state index is 13.2. The Balaban J connectivity index is 1.44. The molecule has 1 aromatic heterocycles. The molecule has 0 saturated carbocycles. The molecule has 0 atom stereocenters. The van der Waals surface area contributed by atoms with Crippen molar-refractivity contribution in [2.24, 2.45) is 0 Å². The van der Waals surface area contributed by atoms with Crippen LogP contribution in [0.3, 0.4) is 0 Å². The van der Waals surface area contributed by atoms with E-state index < -0.39 is 5.82 Å². The van der Waals surface area contributed by atoms with Gasteiger partial charge in [-0.2, -0.15) is 0 Å². The molecule has 0 bridgehead atoms. The SMILES string of the molecule is Cc1ccc(-n2nnc(C(=O)N3CCN(C(=O)c4ccc(F)cc4Cl)CC3)c2C)cc1. The Morgan fingerprint density at radius 2 is 1.55 bits per heavy atom. The van der Waals surface area contributed by atoms with Crippen LogP contribution in [0.1, 0.15) is 32.1 Å². The zero-order valence-corrected chi connectivity index (χ0v) is 17.9. The van der Waals surface area contributed by atoms with Gasteiger partial charge in [-0.05, 0) is 44.2 Å². The Hall–Kier alpha value is -3.26. The fourth-order valence-corrected chi connectivity index (χ4v) is 3.80. The molecular formula is C22H21ClFN5O2. The van der Waals surface area contributed by atoms with E-state index in [-0.39, 0.29) is 22.4 Å². The van der Waals surface area contributed by atoms with Crippen molar-refractivity contribution >= 4 is 23.4 Å². The van der Waals surface area contributed by atoms with Gasteiger partial charge in [-0.15, -0.1) is 5.10 Å². The highest BCUT2D eigenvalue weighted by Gasteiger charge is 2.29. The predicted octanol–water partition coefficient (Wildman–Crippen LogP) is 3.27. The smallest absolute Gasteiger partial charge is 0.276 e. The number of aryl methyl sites for hydroxylation is 1. The lowest BCUT2D eigenvalue weighted by Crippen LogP contribution is -2.50. The molecule has 1 fully saturated rings. The van der Waals surface area contributed by atoms with Crippen LogP contribution in [-0.4, -0.2) is 62.8 Å². The number of benzene rings is 2. The van der Waals surface area contributed by atoms with Crippen LogP contribution in [-0.2, 0) is 0 Å². The van der Waals surface area contributed by atoms with E-state index in [0.29, 0.717) is 37.6 Å². The summed E-state index contributed by atoms with van der Waals surface area (Å²) < 4.78 is 14.9. The van der Waals surface area contributed by atoms with Crippen molar-refractivity contribution in [2.45, 2.75) is 13.8 Å². The largest absolute Gasteiger partial charge is 0.335 e. The summed E-state index contributed by atoms with van der Waals surface area (Å²) in [6.07, 6.45) is 0. The zero-order chi connectivity index (χ0) is 22.1. The van der Waals surface area contributed by atoms with Crippen LogP contribution in [0.5, 0.6) is 0 Å². The summed E-state index contributed by atoms with van der Waals surface area (Å²) in [6.45, 7) is 5.23. The highest BCUT2D eigenvalue weighted by Crippen LogP contribution is 2.21. The first-order valence-electron chi connectivity index (χ1n) is 9.88. The van der Waals surface area contributed by atoms with Gasteiger partial charge in [0.15, 0.2) is 5.69 Å². The number of hydrogen-bond donors (Lipinski definition) is 0. The summed E-state index contributed by atoms with van der Waals surface area (Å²) in [5, 5.41) is 8.32. The van der Waals surface area contributed by atoms with Gasteiger partial charge in [-0.1, -0.05) is 34.5 Å². The summed E-state index contributed by atoms with van der Waals surface area (Å²) in [6, 6.07) is 11.5. The minimum atomic E-state index is -0.494. The van der Waals surface area contributed by atoms with E-state index in [1.807, 2.05) is 38.1 Å². The molecule has 0 N–H and O–H groups in total. The summed E-state index contributed by atoms with van der Waals surface area (Å²) in [5.41, 5.74) is 3.17. The lowest BCUT2D eigenvalue weighted by molar-refractivity contribution is 0.0532. The third-order valence-corrected chi connectivity index (χ3v) is 5.70. The minimum Gasteiger partial charge on any atom is -0.335 e. The number of hydrogen-bond acceptors (Lipinski definition) is 4. The van der Waals surface area contributed by atoms with E-state index in [9.17, 15) is 14.0 Å². The van der Waals surface area contributed by atoms with Crippen molar-refractivity contribution in [2.75, 3.05) is 26.2 Å². The van der Waals surface area contributed by atoms with Gasteiger partial charge in [0.1, 0.15) is 5.82 Å². The summed E-state index contributed by atoms with van der Waals surface area (Å²) in [5.74, 6) is -0.993. The second-order valence-electron chi connectivity index (χ2n) is 7.48. The lowest BCUT2D eigenvalue weighted by atomic mass is 10.1. The molecule has 0 aliphatic carbocycles. The number of amides is 2. The second-order valence-corrected chi connectivity index (χ2v) is 7.89. The van der Waals surface area contributed by atoms with Crippen LogP contribution >= 0.6 is 11.6 Å². The summed E-state index contributed by atoms with van der Waals surface area (Å²) in [7, 11) is 0. The molecule has 9 heteroatoms. The van der Waals surface area contributed by atoms with Crippen LogP contribution in [0.25, 0.3) is 5.69 Å². The fraction of sp³-hybridized carbons (Fsp3) is 0.273. The number of nitrogens with zero attached hydrogens (tertiary/aromatic N) is 5. The second kappa shape index (κ2) is 8.47. The third-order valence-electron chi connectivity index (χ3n) is 5.39. The molecule has 0 spiro atoms. The molecule has 2 heterocycles. The predicted molar refractivity (Wildman–Crippen MR) is 114 cm³/mol. The van der Waals surface area contributed by atoms with Gasteiger partial charge in [0.25, 0.3) is 11.8 Å². The minimum absolute atomic E-state index is 0.0758. The molecule has 0 unspecified atom stereocenters. The molecule has 7 nitrogen and oxygen atoms in total. The molecule has 3 aromatic rings. The van der Waals surface area contributed by atoms with Crippen molar-refractivity contribution in [3.8, 4) is 5.69 Å². The Morgan fingerprint density at radius 1 is 0.935 bits per heavy atom. The van der Waals surface area contributed by atoms with E-state index in [1.165, 1.54) is 12.1 Å². The summed E-state index contributed by atoms with van der Waals surface area (Å²) >= 11 is 6.01. The van der Waals surface area contributed by atoms with E-state index in [4.69, 9.17) is 11.6 Å². The molecule has 4 rings (SSSR count). The number of carbonyl (C=O) groups excluding carboxylic acids is 2. The molecular weight excluding hydrogens is 421 g/mol. The van der Waals surface area contributed by atoms with Crippen LogP contribution < -0.4 is 0 Å². The topological polar surface area (TPSA) is 71.3 Å². The van der Waals surface area contributed by atoms with Gasteiger partial charge in [-0.25, -0.2) is 9.07 Å². The average Bonchev–Trinajstić information content (AvgIpc) is 3.15. The average molecular weight is 442 g/mol. The Kier molecular flexibility index (Phi) is 5.73. The molecule has 31 heavy (non-hydrogen) atoms. The van der Waals surface area contributed by atoms with Gasteiger partial charge in [-0.3, -0.25) is 9.59 Å². The number of halogens is 2. The maximum Gasteiger partial charge on any atom is 0.276 e. The van der Waals surface area contributed by atoms with E-state index in [0.717, 1.165) is 17.3 Å². The number of rotatable bonds is 3. The van der Waals surface area contributed by atoms with E-state index in [1.54, 1.807) is 14.5 Å². The van der Waals surface area contributed by atoms with Crippen molar-refractivity contribution in [3.63, 3.8) is 0 Å². The van der Waals surface area contributed by atoms with Gasteiger partial charge in [0.2, 0.25) is 0 Å². The van der Waals surface area contributed by atoms with Crippen molar-refractivity contribution in [1.82, 2.24) is 24.8 Å². The van der Waals surface area contributed by atoms with E-state index in [2.05, 4.69) is 10.3 Å². The quantitative estimate of drug-likeness (QED) is 0.625. The van der Waals surface area contributed by atoms with Gasteiger partial charge in [0.05, 0.1) is 22.0 Å². The molecule has 0 radical (unpaired) electrons. The number of piperazine rings is 1. The highest BCUT2D eigenvalue weighted by atomic mass is 35.5. The van der Waals surface area contributed by atoms with Gasteiger partial charge >= 0.3 is 0 Å². The Bertz CT molecular complexity index is 1140. The Labute approximate surface area is 184 Å². The highest BCUT2D eigenvalue weighted by molar-refractivity contribution is 6.33. The molecule has 1 aliphatic heterocycles. The first-order chi connectivity index (χ1) is 14.8. The van der Waals surface area contributed by atoms with Crippen molar-refractivity contribution in [3.05, 3.63) is 75.8 Å². The zero-order valence-electron chi connectivity index (χ0n) is 17.2. The summed E-state index contributed by atoms with van der Waals surface area (Å²) in [4.78, 5) is 29.0. The van der Waals surface area contributed by atoms with Crippen LogP contribution in [0, 0.1) is 19.7 Å². The Morgan fingerprint density at radius 3 is 2.16 bits per heavy atom. The lowest BCUT2D eigenvalue weighted by Gasteiger charge is -2.34. The van der Waals surface area contributed by atoms with Crippen molar-refractivity contribution < 1.29 is 14.0 Å². The molecule has 2 amide bonds. The first kappa shape index (κ1) is 21.0. The normalized spacial score (nSPS) is 14.1. The molecule has 2 aromatic carbocycles. The standard InChI is InChI=1S/C22H21ClFN5O2/c1-14-3-6-17(7-4-14)29-15(2)20(25-26-29)22(31)28-11-9-27(10-12-28)21(30)18-8-5-16(24)13-19(18)23/h3-8,13H,9-12H2,1-2H3. The van der Waals surface area contributed by atoms with Crippen LogP contribution in [0.4, 0.5) is 4.39 Å². The first-order valence-corrected chi connectivity index (χ1v) is 10.3. The van der Waals surface area contributed by atoms with Crippen molar-refractivity contribution in [1.29, 1.82) is 0 Å². The van der Waals surface area contributed by atoms with Crippen LogP contribution in [0.15, 0.2) is 42.5 Å².